The van der Waals surface area contributed by atoms with Crippen LogP contribution in [0.25, 0.3) is 0 Å². The second-order valence-electron chi connectivity index (χ2n) is 4.85. The van der Waals surface area contributed by atoms with Gasteiger partial charge < -0.3 is 10.2 Å². The van der Waals surface area contributed by atoms with Crippen LogP contribution in [0.3, 0.4) is 0 Å². The zero-order valence-corrected chi connectivity index (χ0v) is 11.9. The number of halogens is 2. The molecule has 1 fully saturated rings. The lowest BCUT2D eigenvalue weighted by molar-refractivity contribution is 0.200. The Morgan fingerprint density at radius 2 is 2.10 bits per heavy atom. The number of hydrogen-bond acceptors (Lipinski definition) is 3. The number of hydrogen-bond donors (Lipinski definition) is 2. The van der Waals surface area contributed by atoms with Gasteiger partial charge in [0.15, 0.2) is 0 Å². The van der Waals surface area contributed by atoms with Crippen LogP contribution in [0.4, 0.5) is 19.3 Å². The van der Waals surface area contributed by atoms with E-state index in [-0.39, 0.29) is 12.2 Å². The highest BCUT2D eigenvalue weighted by Crippen LogP contribution is 2.19. The van der Waals surface area contributed by atoms with Gasteiger partial charge in [-0.3, -0.25) is 0 Å². The number of nitrogens with zero attached hydrogens (tertiary/aromatic N) is 1. The molecule has 1 saturated heterocycles. The van der Waals surface area contributed by atoms with Gasteiger partial charge in [0, 0.05) is 19.2 Å². The van der Waals surface area contributed by atoms with Crippen molar-refractivity contribution < 1.29 is 22.0 Å². The fourth-order valence-corrected chi connectivity index (χ4v) is 3.06. The third-order valence-corrected chi connectivity index (χ3v) is 4.62. The van der Waals surface area contributed by atoms with Crippen LogP contribution < -0.4 is 10.5 Å². The number of anilines is 1. The first-order chi connectivity index (χ1) is 9.77. The summed E-state index contributed by atoms with van der Waals surface area (Å²) in [5, 5.41) is 6.54. The van der Waals surface area contributed by atoms with Crippen molar-refractivity contribution in [1.29, 1.82) is 0 Å². The molecule has 2 rings (SSSR count). The molecule has 1 aromatic carbocycles. The van der Waals surface area contributed by atoms with Gasteiger partial charge in [0.2, 0.25) is 10.0 Å². The number of primary sulfonamides is 1. The topological polar surface area (TPSA) is 92.5 Å². The van der Waals surface area contributed by atoms with E-state index in [1.165, 1.54) is 4.90 Å². The van der Waals surface area contributed by atoms with Crippen LogP contribution in [0.5, 0.6) is 0 Å². The molecule has 0 saturated carbocycles. The molecule has 0 aliphatic carbocycles. The number of carbonyl (C=O) groups is 1. The quantitative estimate of drug-likeness (QED) is 0.859. The van der Waals surface area contributed by atoms with Gasteiger partial charge in [0.25, 0.3) is 0 Å². The van der Waals surface area contributed by atoms with Gasteiger partial charge in [-0.2, -0.15) is 0 Å². The van der Waals surface area contributed by atoms with Crippen molar-refractivity contribution in [3.05, 3.63) is 29.8 Å². The number of nitrogens with two attached hydrogens (primary N) is 1. The van der Waals surface area contributed by atoms with Crippen LogP contribution in [0, 0.1) is 11.6 Å². The maximum absolute atomic E-state index is 13.5. The van der Waals surface area contributed by atoms with Gasteiger partial charge >= 0.3 is 6.03 Å². The molecule has 21 heavy (non-hydrogen) atoms. The molecule has 0 radical (unpaired) electrons. The minimum absolute atomic E-state index is 0.0481. The van der Waals surface area contributed by atoms with Crippen LogP contribution in [-0.4, -0.2) is 37.7 Å². The summed E-state index contributed by atoms with van der Waals surface area (Å²) in [6.07, 6.45) is 0.869. The smallest absolute Gasteiger partial charge is 0.321 e. The van der Waals surface area contributed by atoms with Crippen LogP contribution >= 0.6 is 0 Å². The zero-order valence-electron chi connectivity index (χ0n) is 11.1. The average molecular weight is 319 g/mol. The maximum atomic E-state index is 13.5. The highest BCUT2D eigenvalue weighted by molar-refractivity contribution is 7.89. The molecule has 0 aromatic heterocycles. The van der Waals surface area contributed by atoms with Gasteiger partial charge in [-0.15, -0.1) is 0 Å². The first-order valence-electron chi connectivity index (χ1n) is 6.30. The SMILES string of the molecule is NS(=O)(=O)C1CCCN(C(=O)Nc2ccc(F)cc2F)C1. The van der Waals surface area contributed by atoms with E-state index in [2.05, 4.69) is 5.32 Å². The summed E-state index contributed by atoms with van der Waals surface area (Å²) in [7, 11) is -3.72. The molecule has 1 unspecified atom stereocenters. The second-order valence-corrected chi connectivity index (χ2v) is 6.70. The van der Waals surface area contributed by atoms with Crippen molar-refractivity contribution >= 4 is 21.7 Å². The van der Waals surface area contributed by atoms with E-state index in [4.69, 9.17) is 5.14 Å². The molecule has 0 bridgehead atoms. The van der Waals surface area contributed by atoms with E-state index < -0.39 is 32.9 Å². The predicted octanol–water partition coefficient (Wildman–Crippen LogP) is 1.25. The van der Waals surface area contributed by atoms with Gasteiger partial charge in [-0.25, -0.2) is 27.1 Å². The third kappa shape index (κ3) is 3.88. The number of piperidine rings is 1. The Bertz CT molecular complexity index is 651. The minimum Gasteiger partial charge on any atom is -0.323 e. The summed E-state index contributed by atoms with van der Waals surface area (Å²) in [5.74, 6) is -1.65. The Hall–Kier alpha value is -1.74. The van der Waals surface area contributed by atoms with Gasteiger partial charge in [0.1, 0.15) is 11.6 Å². The molecule has 116 valence electrons. The van der Waals surface area contributed by atoms with Crippen LogP contribution in [0.1, 0.15) is 12.8 Å². The molecular formula is C12H15F2N3O3S. The van der Waals surface area contributed by atoms with Crippen molar-refractivity contribution in [2.45, 2.75) is 18.1 Å². The molecule has 9 heteroatoms. The molecule has 1 heterocycles. The number of likely N-dealkylation sites (tertiary alicyclic amines) is 1. The number of carbonyl (C=O) groups excluding carboxylic acids is 1. The molecule has 1 aromatic rings. The Balaban J connectivity index is 2.06. The largest absolute Gasteiger partial charge is 0.323 e. The van der Waals surface area contributed by atoms with E-state index in [0.29, 0.717) is 25.5 Å². The van der Waals surface area contributed by atoms with E-state index in [1.54, 1.807) is 0 Å². The Kier molecular flexibility index (Phi) is 4.43. The standard InChI is InChI=1S/C12H15F2N3O3S/c13-8-3-4-11(10(14)6-8)16-12(18)17-5-1-2-9(7-17)21(15,19)20/h3-4,6,9H,1-2,5,7H2,(H,16,18)(H2,15,19,20). The minimum atomic E-state index is -3.72. The molecule has 6 nitrogen and oxygen atoms in total. The predicted molar refractivity (Wildman–Crippen MR) is 73.1 cm³/mol. The summed E-state index contributed by atoms with van der Waals surface area (Å²) < 4.78 is 48.9. The van der Waals surface area contributed by atoms with Crippen molar-refractivity contribution in [2.24, 2.45) is 5.14 Å². The fourth-order valence-electron chi connectivity index (χ4n) is 2.18. The third-order valence-electron chi connectivity index (χ3n) is 3.30. The van der Waals surface area contributed by atoms with E-state index >= 15 is 0 Å². The van der Waals surface area contributed by atoms with Crippen LogP contribution in [-0.2, 0) is 10.0 Å². The first kappa shape index (κ1) is 15.6. The number of urea groups is 1. The molecule has 1 atom stereocenters. The van der Waals surface area contributed by atoms with E-state index in [0.717, 1.165) is 12.1 Å². The van der Waals surface area contributed by atoms with Crippen molar-refractivity contribution in [3.63, 3.8) is 0 Å². The molecular weight excluding hydrogens is 304 g/mol. The lowest BCUT2D eigenvalue weighted by Crippen LogP contribution is -2.48. The number of sulfonamides is 1. The van der Waals surface area contributed by atoms with Crippen molar-refractivity contribution in [3.8, 4) is 0 Å². The summed E-state index contributed by atoms with van der Waals surface area (Å²) in [5.41, 5.74) is -0.167. The maximum Gasteiger partial charge on any atom is 0.321 e. The second kappa shape index (κ2) is 5.94. The fraction of sp³-hybridized carbons (Fsp3) is 0.417. The summed E-state index contributed by atoms with van der Waals surface area (Å²) in [6, 6.07) is 2.12. The summed E-state index contributed by atoms with van der Waals surface area (Å²) in [4.78, 5) is 13.2. The van der Waals surface area contributed by atoms with Crippen LogP contribution in [0.15, 0.2) is 18.2 Å². The van der Waals surface area contributed by atoms with Crippen LogP contribution in [0.2, 0.25) is 0 Å². The normalized spacial score (nSPS) is 19.4. The molecule has 2 amide bonds. The van der Waals surface area contributed by atoms with E-state index in [9.17, 15) is 22.0 Å². The van der Waals surface area contributed by atoms with E-state index in [1.807, 2.05) is 0 Å². The van der Waals surface area contributed by atoms with Gasteiger partial charge in [-0.05, 0) is 25.0 Å². The first-order valence-corrected chi connectivity index (χ1v) is 7.91. The molecule has 0 spiro atoms. The van der Waals surface area contributed by atoms with Gasteiger partial charge in [-0.1, -0.05) is 0 Å². The highest BCUT2D eigenvalue weighted by atomic mass is 32.2. The molecule has 3 N–H and O–H groups in total. The summed E-state index contributed by atoms with van der Waals surface area (Å²) >= 11 is 0. The number of rotatable bonds is 2. The lowest BCUT2D eigenvalue weighted by Gasteiger charge is -2.31. The number of benzene rings is 1. The molecule has 1 aliphatic heterocycles. The van der Waals surface area contributed by atoms with Crippen molar-refractivity contribution in [1.82, 2.24) is 4.90 Å². The zero-order chi connectivity index (χ0) is 15.6. The molecule has 1 aliphatic rings. The monoisotopic (exact) mass is 319 g/mol. The Labute approximate surface area is 121 Å². The Morgan fingerprint density at radius 1 is 1.38 bits per heavy atom. The highest BCUT2D eigenvalue weighted by Gasteiger charge is 2.30. The summed E-state index contributed by atoms with van der Waals surface area (Å²) in [6.45, 7) is 0.300. The number of nitrogens with one attached hydrogen (secondary N) is 1. The number of amides is 2. The van der Waals surface area contributed by atoms with Crippen molar-refractivity contribution in [2.75, 3.05) is 18.4 Å². The Morgan fingerprint density at radius 3 is 2.71 bits per heavy atom. The van der Waals surface area contributed by atoms with Gasteiger partial charge in [0.05, 0.1) is 10.9 Å². The lowest BCUT2D eigenvalue weighted by atomic mass is 10.1. The average Bonchev–Trinajstić information content (AvgIpc) is 2.41.